The van der Waals surface area contributed by atoms with Gasteiger partial charge in [-0.05, 0) is 12.1 Å². The van der Waals surface area contributed by atoms with Crippen LogP contribution in [0.1, 0.15) is 0 Å². The van der Waals surface area contributed by atoms with Crippen LogP contribution < -0.4 is 5.73 Å². The second kappa shape index (κ2) is 3.96. The molecule has 0 spiro atoms. The largest absolute Gasteiger partial charge is 0.399 e. The molecule has 1 aromatic rings. The Morgan fingerprint density at radius 3 is 2.40 bits per heavy atom. The van der Waals surface area contributed by atoms with Gasteiger partial charge in [0, 0.05) is 19.8 Å². The maximum atomic E-state index is 13.4. The van der Waals surface area contributed by atoms with E-state index in [0.29, 0.717) is 0 Å². The maximum Gasteiger partial charge on any atom is 0.245 e. The molecule has 0 aliphatic carbocycles. The van der Waals surface area contributed by atoms with Gasteiger partial charge in [-0.15, -0.1) is 0 Å². The Kier molecular flexibility index (Phi) is 3.22. The highest BCUT2D eigenvalue weighted by Crippen LogP contribution is 2.26. The van der Waals surface area contributed by atoms with Crippen molar-refractivity contribution < 1.29 is 12.8 Å². The van der Waals surface area contributed by atoms with Crippen LogP contribution in [0, 0.1) is 5.82 Å². The van der Waals surface area contributed by atoms with Crippen LogP contribution in [0.4, 0.5) is 10.1 Å². The molecule has 0 fully saturated rings. The Morgan fingerprint density at radius 1 is 1.40 bits per heavy atom. The van der Waals surface area contributed by atoms with Crippen LogP contribution in [0.25, 0.3) is 0 Å². The molecule has 0 bridgehead atoms. The molecule has 0 aliphatic heterocycles. The quantitative estimate of drug-likeness (QED) is 0.808. The minimum Gasteiger partial charge on any atom is -0.399 e. The molecule has 0 unspecified atom stereocenters. The summed E-state index contributed by atoms with van der Waals surface area (Å²) < 4.78 is 37.6. The molecule has 0 aliphatic rings. The van der Waals surface area contributed by atoms with Gasteiger partial charge in [-0.1, -0.05) is 11.6 Å². The molecule has 0 radical (unpaired) electrons. The third-order valence-corrected chi connectivity index (χ3v) is 3.87. The van der Waals surface area contributed by atoms with E-state index < -0.39 is 20.7 Å². The number of nitrogen functional groups attached to an aromatic ring is 1. The van der Waals surface area contributed by atoms with E-state index in [1.807, 2.05) is 0 Å². The van der Waals surface area contributed by atoms with Crippen LogP contribution in [0.2, 0.25) is 5.02 Å². The summed E-state index contributed by atoms with van der Waals surface area (Å²) in [5.74, 6) is -0.987. The van der Waals surface area contributed by atoms with E-state index in [1.54, 1.807) is 0 Å². The summed E-state index contributed by atoms with van der Waals surface area (Å²) in [6.45, 7) is 0. The van der Waals surface area contributed by atoms with Crippen LogP contribution in [-0.2, 0) is 10.0 Å². The normalized spacial score (nSPS) is 12.1. The second-order valence-electron chi connectivity index (χ2n) is 3.10. The van der Waals surface area contributed by atoms with Gasteiger partial charge < -0.3 is 5.73 Å². The van der Waals surface area contributed by atoms with Crippen LogP contribution in [0.5, 0.6) is 0 Å². The first-order valence-electron chi connectivity index (χ1n) is 3.94. The first-order chi connectivity index (χ1) is 6.76. The van der Waals surface area contributed by atoms with Crippen LogP contribution in [-0.4, -0.2) is 26.8 Å². The van der Waals surface area contributed by atoms with E-state index in [4.69, 9.17) is 17.3 Å². The number of nitrogens with zero attached hydrogens (tertiary/aromatic N) is 1. The Balaban J connectivity index is 3.52. The minimum atomic E-state index is -3.86. The molecule has 0 aromatic heterocycles. The minimum absolute atomic E-state index is 0.0989. The molecule has 7 heteroatoms. The highest BCUT2D eigenvalue weighted by Gasteiger charge is 2.23. The first kappa shape index (κ1) is 12.2. The van der Waals surface area contributed by atoms with Crippen molar-refractivity contribution in [2.45, 2.75) is 4.90 Å². The summed E-state index contributed by atoms with van der Waals surface area (Å²) in [7, 11) is -1.26. The van der Waals surface area contributed by atoms with Gasteiger partial charge >= 0.3 is 0 Å². The zero-order chi connectivity index (χ0) is 11.8. The number of anilines is 1. The van der Waals surface area contributed by atoms with E-state index in [2.05, 4.69) is 0 Å². The number of benzene rings is 1. The predicted molar refractivity (Wildman–Crippen MR) is 56.7 cm³/mol. The highest BCUT2D eigenvalue weighted by molar-refractivity contribution is 7.89. The van der Waals surface area contributed by atoms with E-state index in [-0.39, 0.29) is 10.7 Å². The maximum absolute atomic E-state index is 13.4. The number of rotatable bonds is 2. The summed E-state index contributed by atoms with van der Waals surface area (Å²) >= 11 is 5.49. The molecule has 0 amide bonds. The van der Waals surface area contributed by atoms with Crippen LogP contribution >= 0.6 is 11.6 Å². The van der Waals surface area contributed by atoms with Crippen LogP contribution in [0.3, 0.4) is 0 Å². The van der Waals surface area contributed by atoms with Gasteiger partial charge in [0.2, 0.25) is 10.0 Å². The summed E-state index contributed by atoms with van der Waals surface area (Å²) in [5, 5.41) is -0.310. The summed E-state index contributed by atoms with van der Waals surface area (Å²) in [6.07, 6.45) is 0. The molecule has 15 heavy (non-hydrogen) atoms. The average Bonchev–Trinajstić information content (AvgIpc) is 2.10. The van der Waals surface area contributed by atoms with Crippen molar-refractivity contribution in [3.8, 4) is 0 Å². The highest BCUT2D eigenvalue weighted by atomic mass is 35.5. The molecule has 0 atom stereocenters. The molecule has 0 heterocycles. The summed E-state index contributed by atoms with van der Waals surface area (Å²) in [5.41, 5.74) is 5.49. The molecule has 84 valence electrons. The standard InChI is InChI=1S/C8H10ClFN2O2S/c1-12(2)15(13,14)7-4-5(11)3-6(9)8(7)10/h3-4H,11H2,1-2H3. The van der Waals surface area contributed by atoms with Gasteiger partial charge in [0.25, 0.3) is 0 Å². The van der Waals surface area contributed by atoms with Gasteiger partial charge in [0.05, 0.1) is 5.02 Å². The fraction of sp³-hybridized carbons (Fsp3) is 0.250. The SMILES string of the molecule is CN(C)S(=O)(=O)c1cc(N)cc(Cl)c1F. The van der Waals surface area contributed by atoms with Gasteiger partial charge in [0.15, 0.2) is 5.82 Å². The number of hydrogen-bond donors (Lipinski definition) is 1. The van der Waals surface area contributed by atoms with Crippen molar-refractivity contribution in [3.63, 3.8) is 0 Å². The molecule has 1 rings (SSSR count). The van der Waals surface area contributed by atoms with Crippen molar-refractivity contribution >= 4 is 27.3 Å². The molecular formula is C8H10ClFN2O2S. The summed E-state index contributed by atoms with van der Waals surface area (Å²) in [6, 6.07) is 2.20. The van der Waals surface area contributed by atoms with Crippen molar-refractivity contribution in [2.75, 3.05) is 19.8 Å². The van der Waals surface area contributed by atoms with Crippen molar-refractivity contribution in [1.82, 2.24) is 4.31 Å². The third kappa shape index (κ3) is 2.22. The molecule has 0 saturated heterocycles. The first-order valence-corrected chi connectivity index (χ1v) is 5.75. The lowest BCUT2D eigenvalue weighted by atomic mass is 10.3. The number of halogens is 2. The fourth-order valence-corrected chi connectivity index (χ4v) is 2.27. The molecular weight excluding hydrogens is 243 g/mol. The van der Waals surface area contributed by atoms with Crippen LogP contribution in [0.15, 0.2) is 17.0 Å². The Labute approximate surface area is 92.5 Å². The van der Waals surface area contributed by atoms with Gasteiger partial charge in [-0.2, -0.15) is 0 Å². The molecule has 2 N–H and O–H groups in total. The predicted octanol–water partition coefficient (Wildman–Crippen LogP) is 1.31. The zero-order valence-corrected chi connectivity index (χ0v) is 9.73. The average molecular weight is 253 g/mol. The number of hydrogen-bond acceptors (Lipinski definition) is 3. The molecule has 1 aromatic carbocycles. The van der Waals surface area contributed by atoms with Gasteiger partial charge in [-0.3, -0.25) is 0 Å². The molecule has 0 saturated carbocycles. The Bertz CT molecular complexity index is 488. The zero-order valence-electron chi connectivity index (χ0n) is 8.16. The lowest BCUT2D eigenvalue weighted by Crippen LogP contribution is -2.23. The summed E-state index contributed by atoms with van der Waals surface area (Å²) in [4.78, 5) is -0.516. The third-order valence-electron chi connectivity index (χ3n) is 1.78. The smallest absolute Gasteiger partial charge is 0.245 e. The lowest BCUT2D eigenvalue weighted by molar-refractivity contribution is 0.508. The van der Waals surface area contributed by atoms with E-state index >= 15 is 0 Å². The van der Waals surface area contributed by atoms with Gasteiger partial charge in [0.1, 0.15) is 4.90 Å². The topological polar surface area (TPSA) is 63.4 Å². The van der Waals surface area contributed by atoms with Crippen molar-refractivity contribution in [1.29, 1.82) is 0 Å². The van der Waals surface area contributed by atoms with Crippen molar-refractivity contribution in [2.24, 2.45) is 0 Å². The number of sulfonamides is 1. The van der Waals surface area contributed by atoms with E-state index in [0.717, 1.165) is 16.4 Å². The fourth-order valence-electron chi connectivity index (χ4n) is 0.968. The second-order valence-corrected chi connectivity index (χ2v) is 5.63. The monoisotopic (exact) mass is 252 g/mol. The molecule has 4 nitrogen and oxygen atoms in total. The van der Waals surface area contributed by atoms with E-state index in [9.17, 15) is 12.8 Å². The number of nitrogens with two attached hydrogens (primary N) is 1. The lowest BCUT2D eigenvalue weighted by Gasteiger charge is -2.13. The van der Waals surface area contributed by atoms with Crippen molar-refractivity contribution in [3.05, 3.63) is 23.0 Å². The van der Waals surface area contributed by atoms with Gasteiger partial charge in [-0.25, -0.2) is 17.1 Å². The Morgan fingerprint density at radius 2 is 1.93 bits per heavy atom. The van der Waals surface area contributed by atoms with E-state index in [1.165, 1.54) is 14.1 Å². The Hall–Kier alpha value is -0.850.